The molecular formula is C19H31N3O. The van der Waals surface area contributed by atoms with Gasteiger partial charge in [0, 0.05) is 45.7 Å². The zero-order valence-electron chi connectivity index (χ0n) is 14.6. The molecule has 2 atom stereocenters. The molecule has 2 unspecified atom stereocenters. The van der Waals surface area contributed by atoms with Gasteiger partial charge in [-0.2, -0.15) is 0 Å². The van der Waals surface area contributed by atoms with Crippen LogP contribution < -0.4 is 10.6 Å². The van der Waals surface area contributed by atoms with E-state index in [0.29, 0.717) is 6.04 Å². The Labute approximate surface area is 140 Å². The monoisotopic (exact) mass is 317 g/mol. The first kappa shape index (κ1) is 18.0. The minimum atomic E-state index is 0.0610. The predicted molar refractivity (Wildman–Crippen MR) is 95.2 cm³/mol. The van der Waals surface area contributed by atoms with E-state index in [1.54, 1.807) is 6.92 Å². The molecule has 0 bridgehead atoms. The third-order valence-corrected chi connectivity index (χ3v) is 4.55. The van der Waals surface area contributed by atoms with Gasteiger partial charge in [0.1, 0.15) is 0 Å². The van der Waals surface area contributed by atoms with Gasteiger partial charge in [-0.1, -0.05) is 43.7 Å². The summed E-state index contributed by atoms with van der Waals surface area (Å²) in [4.78, 5) is 13.5. The highest BCUT2D eigenvalue weighted by molar-refractivity contribution is 5.72. The van der Waals surface area contributed by atoms with E-state index in [-0.39, 0.29) is 5.91 Å². The average molecular weight is 317 g/mol. The SMILES string of the molecule is CCCC1CC(NCc2ccccc2)CN(CCNC(C)=O)C1. The molecule has 4 nitrogen and oxygen atoms in total. The third kappa shape index (κ3) is 6.71. The average Bonchev–Trinajstić information content (AvgIpc) is 2.54. The molecular weight excluding hydrogens is 286 g/mol. The maximum atomic E-state index is 11.0. The van der Waals surface area contributed by atoms with Crippen LogP contribution in [0.1, 0.15) is 38.7 Å². The van der Waals surface area contributed by atoms with Gasteiger partial charge < -0.3 is 10.6 Å². The Kier molecular flexibility index (Phi) is 7.56. The molecule has 1 aromatic carbocycles. The first-order valence-electron chi connectivity index (χ1n) is 8.91. The fourth-order valence-corrected chi connectivity index (χ4v) is 3.50. The molecule has 23 heavy (non-hydrogen) atoms. The van der Waals surface area contributed by atoms with Crippen LogP contribution in [-0.2, 0) is 11.3 Å². The maximum absolute atomic E-state index is 11.0. The van der Waals surface area contributed by atoms with Crippen molar-refractivity contribution in [3.63, 3.8) is 0 Å². The number of piperidine rings is 1. The molecule has 1 fully saturated rings. The second kappa shape index (κ2) is 9.68. The molecule has 0 saturated carbocycles. The van der Waals surface area contributed by atoms with Crippen LogP contribution in [0.2, 0.25) is 0 Å². The summed E-state index contributed by atoms with van der Waals surface area (Å²) in [5.41, 5.74) is 1.34. The van der Waals surface area contributed by atoms with Gasteiger partial charge in [-0.3, -0.25) is 9.69 Å². The van der Waals surface area contributed by atoms with Crippen molar-refractivity contribution in [1.82, 2.24) is 15.5 Å². The van der Waals surface area contributed by atoms with Gasteiger partial charge in [0.15, 0.2) is 0 Å². The van der Waals surface area contributed by atoms with Crippen LogP contribution in [0.3, 0.4) is 0 Å². The Hall–Kier alpha value is -1.39. The molecule has 0 aromatic heterocycles. The van der Waals surface area contributed by atoms with Crippen LogP contribution in [-0.4, -0.2) is 43.0 Å². The van der Waals surface area contributed by atoms with Crippen molar-refractivity contribution >= 4 is 5.91 Å². The second-order valence-corrected chi connectivity index (χ2v) is 6.70. The maximum Gasteiger partial charge on any atom is 0.216 e. The summed E-state index contributed by atoms with van der Waals surface area (Å²) in [5.74, 6) is 0.824. The van der Waals surface area contributed by atoms with Crippen molar-refractivity contribution in [3.05, 3.63) is 35.9 Å². The van der Waals surface area contributed by atoms with E-state index in [0.717, 1.165) is 38.6 Å². The lowest BCUT2D eigenvalue weighted by Crippen LogP contribution is -2.50. The van der Waals surface area contributed by atoms with Gasteiger partial charge in [0.05, 0.1) is 0 Å². The van der Waals surface area contributed by atoms with E-state index >= 15 is 0 Å². The highest BCUT2D eigenvalue weighted by atomic mass is 16.1. The summed E-state index contributed by atoms with van der Waals surface area (Å²) in [7, 11) is 0. The second-order valence-electron chi connectivity index (χ2n) is 6.70. The fraction of sp³-hybridized carbons (Fsp3) is 0.632. The van der Waals surface area contributed by atoms with Crippen LogP contribution >= 0.6 is 0 Å². The molecule has 1 aliphatic heterocycles. The number of hydrogen-bond acceptors (Lipinski definition) is 3. The van der Waals surface area contributed by atoms with Gasteiger partial charge in [-0.15, -0.1) is 0 Å². The molecule has 128 valence electrons. The van der Waals surface area contributed by atoms with E-state index in [1.165, 1.54) is 24.8 Å². The zero-order chi connectivity index (χ0) is 16.5. The van der Waals surface area contributed by atoms with Crippen LogP contribution in [0.5, 0.6) is 0 Å². The summed E-state index contributed by atoms with van der Waals surface area (Å²) in [6, 6.07) is 11.1. The van der Waals surface area contributed by atoms with Gasteiger partial charge in [0.2, 0.25) is 5.91 Å². The molecule has 1 aliphatic rings. The van der Waals surface area contributed by atoms with Crippen molar-refractivity contribution in [1.29, 1.82) is 0 Å². The van der Waals surface area contributed by atoms with Gasteiger partial charge >= 0.3 is 0 Å². The third-order valence-electron chi connectivity index (χ3n) is 4.55. The number of nitrogens with one attached hydrogen (secondary N) is 2. The number of hydrogen-bond donors (Lipinski definition) is 2. The Bertz CT molecular complexity index is 463. The lowest BCUT2D eigenvalue weighted by atomic mass is 9.90. The molecule has 2 rings (SSSR count). The van der Waals surface area contributed by atoms with Crippen molar-refractivity contribution in [3.8, 4) is 0 Å². The lowest BCUT2D eigenvalue weighted by molar-refractivity contribution is -0.119. The van der Waals surface area contributed by atoms with Crippen LogP contribution in [0.4, 0.5) is 0 Å². The quantitative estimate of drug-likeness (QED) is 0.774. The molecule has 0 aliphatic carbocycles. The molecule has 1 aromatic rings. The molecule has 0 radical (unpaired) electrons. The zero-order valence-corrected chi connectivity index (χ0v) is 14.6. The van der Waals surface area contributed by atoms with E-state index in [9.17, 15) is 4.79 Å². The topological polar surface area (TPSA) is 44.4 Å². The highest BCUT2D eigenvalue weighted by Crippen LogP contribution is 2.21. The largest absolute Gasteiger partial charge is 0.355 e. The number of rotatable bonds is 8. The smallest absolute Gasteiger partial charge is 0.216 e. The molecule has 1 heterocycles. The number of benzene rings is 1. The number of likely N-dealkylation sites (tertiary alicyclic amines) is 1. The first-order chi connectivity index (χ1) is 11.2. The van der Waals surface area contributed by atoms with Crippen LogP contribution in [0.25, 0.3) is 0 Å². The van der Waals surface area contributed by atoms with Crippen LogP contribution in [0.15, 0.2) is 30.3 Å². The Morgan fingerprint density at radius 1 is 1.26 bits per heavy atom. The standard InChI is InChI=1S/C19H31N3O/c1-3-7-18-12-19(21-13-17-8-5-4-6-9-17)15-22(14-18)11-10-20-16(2)23/h4-6,8-9,18-19,21H,3,7,10-15H2,1-2H3,(H,20,23). The van der Waals surface area contributed by atoms with E-state index in [1.807, 2.05) is 0 Å². The van der Waals surface area contributed by atoms with Crippen molar-refractivity contribution in [2.75, 3.05) is 26.2 Å². The van der Waals surface area contributed by atoms with Gasteiger partial charge in [-0.25, -0.2) is 0 Å². The molecule has 4 heteroatoms. The minimum Gasteiger partial charge on any atom is -0.355 e. The Balaban J connectivity index is 1.83. The molecule has 1 amide bonds. The summed E-state index contributed by atoms with van der Waals surface area (Å²) < 4.78 is 0. The van der Waals surface area contributed by atoms with E-state index < -0.39 is 0 Å². The first-order valence-corrected chi connectivity index (χ1v) is 8.91. The van der Waals surface area contributed by atoms with E-state index in [4.69, 9.17) is 0 Å². The highest BCUT2D eigenvalue weighted by Gasteiger charge is 2.26. The summed E-state index contributed by atoms with van der Waals surface area (Å²) in [6.45, 7) is 8.72. The summed E-state index contributed by atoms with van der Waals surface area (Å²) >= 11 is 0. The normalized spacial score (nSPS) is 22.0. The predicted octanol–water partition coefficient (Wildman–Crippen LogP) is 2.40. The van der Waals surface area contributed by atoms with E-state index in [2.05, 4.69) is 52.8 Å². The molecule has 0 spiro atoms. The number of nitrogens with zero attached hydrogens (tertiary/aromatic N) is 1. The minimum absolute atomic E-state index is 0.0610. The number of carbonyl (C=O) groups excluding carboxylic acids is 1. The summed E-state index contributed by atoms with van der Waals surface area (Å²) in [6.07, 6.45) is 3.80. The fourth-order valence-electron chi connectivity index (χ4n) is 3.50. The van der Waals surface area contributed by atoms with Crippen molar-refractivity contribution in [2.45, 2.75) is 45.7 Å². The Morgan fingerprint density at radius 2 is 2.04 bits per heavy atom. The summed E-state index contributed by atoms with van der Waals surface area (Å²) in [5, 5.41) is 6.64. The van der Waals surface area contributed by atoms with Crippen molar-refractivity contribution in [2.24, 2.45) is 5.92 Å². The van der Waals surface area contributed by atoms with Crippen LogP contribution in [0, 0.1) is 5.92 Å². The molecule has 2 N–H and O–H groups in total. The van der Waals surface area contributed by atoms with Crippen molar-refractivity contribution < 1.29 is 4.79 Å². The Morgan fingerprint density at radius 3 is 2.74 bits per heavy atom. The molecule has 1 saturated heterocycles. The number of carbonyl (C=O) groups is 1. The van der Waals surface area contributed by atoms with Gasteiger partial charge in [0.25, 0.3) is 0 Å². The van der Waals surface area contributed by atoms with Gasteiger partial charge in [-0.05, 0) is 24.3 Å². The lowest BCUT2D eigenvalue weighted by Gasteiger charge is -2.38. The number of amides is 1.